The van der Waals surface area contributed by atoms with Crippen LogP contribution in [0.5, 0.6) is 0 Å². The molecular formula is C59H98O6. The molecule has 0 radical (unpaired) electrons. The lowest BCUT2D eigenvalue weighted by atomic mass is 10.1. The monoisotopic (exact) mass is 903 g/mol. The van der Waals surface area contributed by atoms with Crippen LogP contribution in [0.25, 0.3) is 0 Å². The van der Waals surface area contributed by atoms with Crippen LogP contribution in [0, 0.1) is 0 Å². The fourth-order valence-corrected chi connectivity index (χ4v) is 7.09. The van der Waals surface area contributed by atoms with Crippen LogP contribution in [0.1, 0.15) is 239 Å². The Morgan fingerprint density at radius 2 is 0.615 bits per heavy atom. The van der Waals surface area contributed by atoms with Crippen LogP contribution in [0.15, 0.2) is 97.2 Å². The molecule has 0 aliphatic rings. The first-order valence-corrected chi connectivity index (χ1v) is 26.8. The summed E-state index contributed by atoms with van der Waals surface area (Å²) in [4.78, 5) is 38.0. The van der Waals surface area contributed by atoms with E-state index in [9.17, 15) is 14.4 Å². The molecular weight excluding hydrogens is 805 g/mol. The van der Waals surface area contributed by atoms with Crippen molar-refractivity contribution in [2.24, 2.45) is 0 Å². The van der Waals surface area contributed by atoms with Crippen LogP contribution in [0.4, 0.5) is 0 Å². The van der Waals surface area contributed by atoms with Crippen molar-refractivity contribution >= 4 is 17.9 Å². The second-order valence-corrected chi connectivity index (χ2v) is 17.6. The highest BCUT2D eigenvalue weighted by Crippen LogP contribution is 2.14. The average Bonchev–Trinajstić information content (AvgIpc) is 3.30. The summed E-state index contributed by atoms with van der Waals surface area (Å²) in [5.74, 6) is -0.949. The zero-order valence-electron chi connectivity index (χ0n) is 42.2. The van der Waals surface area contributed by atoms with Crippen LogP contribution in [0.3, 0.4) is 0 Å². The van der Waals surface area contributed by atoms with Gasteiger partial charge in [-0.25, -0.2) is 0 Å². The molecule has 0 saturated heterocycles. The van der Waals surface area contributed by atoms with E-state index in [1.54, 1.807) is 0 Å². The maximum absolute atomic E-state index is 12.8. The third kappa shape index (κ3) is 51.2. The van der Waals surface area contributed by atoms with Crippen LogP contribution in [-0.4, -0.2) is 37.2 Å². The standard InChI is InChI=1S/C59H98O6/c1-4-7-10-13-16-19-22-24-26-28-30-32-34-37-40-43-46-49-52-58(61)64-55-56(54-63-57(60)51-48-45-42-39-36-21-18-15-12-9-6-3)65-59(62)53-50-47-44-41-38-35-33-31-29-27-25-23-20-17-14-11-8-5-2/h10,13,15-16,18-19,22,24,26-33,56H,4-9,11-12,14,17,20-21,23,25,34-55H2,1-3H3/b13-10-,18-15-,19-16-,24-22-,28-26-,29-27-,32-30-,33-31-. The molecule has 0 saturated carbocycles. The predicted molar refractivity (Wildman–Crippen MR) is 279 cm³/mol. The van der Waals surface area contributed by atoms with E-state index in [2.05, 4.69) is 93.7 Å². The van der Waals surface area contributed by atoms with Gasteiger partial charge in [-0.15, -0.1) is 0 Å². The van der Waals surface area contributed by atoms with Gasteiger partial charge in [0, 0.05) is 19.3 Å². The van der Waals surface area contributed by atoms with E-state index >= 15 is 0 Å². The molecule has 0 rings (SSSR count). The molecule has 6 nitrogen and oxygen atoms in total. The van der Waals surface area contributed by atoms with Gasteiger partial charge in [-0.2, -0.15) is 0 Å². The van der Waals surface area contributed by atoms with Gasteiger partial charge in [-0.05, 0) is 83.5 Å². The van der Waals surface area contributed by atoms with Gasteiger partial charge in [-0.1, -0.05) is 234 Å². The van der Waals surface area contributed by atoms with Gasteiger partial charge in [0.1, 0.15) is 13.2 Å². The quantitative estimate of drug-likeness (QED) is 0.0199. The lowest BCUT2D eigenvalue weighted by Crippen LogP contribution is -2.30. The Morgan fingerprint density at radius 3 is 1.03 bits per heavy atom. The van der Waals surface area contributed by atoms with Crippen molar-refractivity contribution in [3.63, 3.8) is 0 Å². The van der Waals surface area contributed by atoms with E-state index in [-0.39, 0.29) is 31.1 Å². The Bertz CT molecular complexity index is 1310. The van der Waals surface area contributed by atoms with E-state index in [0.29, 0.717) is 19.3 Å². The first-order valence-electron chi connectivity index (χ1n) is 26.8. The Balaban J connectivity index is 4.46. The molecule has 6 heteroatoms. The molecule has 1 atom stereocenters. The third-order valence-corrected chi connectivity index (χ3v) is 11.2. The number of rotatable bonds is 47. The fraction of sp³-hybridized carbons (Fsp3) is 0.678. The number of hydrogen-bond donors (Lipinski definition) is 0. The van der Waals surface area contributed by atoms with Gasteiger partial charge in [-0.3, -0.25) is 14.4 Å². The Morgan fingerprint density at radius 1 is 0.308 bits per heavy atom. The van der Waals surface area contributed by atoms with E-state index in [0.717, 1.165) is 116 Å². The summed E-state index contributed by atoms with van der Waals surface area (Å²) in [6.45, 7) is 6.46. The van der Waals surface area contributed by atoms with Gasteiger partial charge in [0.25, 0.3) is 0 Å². The molecule has 370 valence electrons. The van der Waals surface area contributed by atoms with Crippen molar-refractivity contribution in [3.05, 3.63) is 97.2 Å². The molecule has 1 unspecified atom stereocenters. The van der Waals surface area contributed by atoms with Gasteiger partial charge in [0.2, 0.25) is 0 Å². The number of allylic oxidation sites excluding steroid dienone is 16. The minimum Gasteiger partial charge on any atom is -0.462 e. The maximum Gasteiger partial charge on any atom is 0.306 e. The minimum atomic E-state index is -0.800. The zero-order valence-corrected chi connectivity index (χ0v) is 42.2. The molecule has 0 bridgehead atoms. The van der Waals surface area contributed by atoms with Crippen LogP contribution < -0.4 is 0 Å². The Hall–Kier alpha value is -3.67. The summed E-state index contributed by atoms with van der Waals surface area (Å²) in [5, 5.41) is 0. The lowest BCUT2D eigenvalue weighted by Gasteiger charge is -2.18. The lowest BCUT2D eigenvalue weighted by molar-refractivity contribution is -0.167. The number of carbonyl (C=O) groups is 3. The van der Waals surface area contributed by atoms with Crippen molar-refractivity contribution in [2.45, 2.75) is 245 Å². The summed E-state index contributed by atoms with van der Waals surface area (Å²) in [5.41, 5.74) is 0. The zero-order chi connectivity index (χ0) is 47.2. The van der Waals surface area contributed by atoms with Crippen molar-refractivity contribution in [1.29, 1.82) is 0 Å². The molecule has 0 spiro atoms. The molecule has 0 amide bonds. The SMILES string of the molecule is CCC\C=C/C=C\C=C/C=C\C=C/CCCCCCCC(=O)OCC(COC(=O)CCCCCCC/C=C\CCCC)OC(=O)CCCCCCC/C=C\C=C/CCCCCCCCC. The molecule has 0 aromatic carbocycles. The molecule has 0 fully saturated rings. The van der Waals surface area contributed by atoms with Crippen LogP contribution in [-0.2, 0) is 28.6 Å². The molecule has 65 heavy (non-hydrogen) atoms. The highest BCUT2D eigenvalue weighted by molar-refractivity contribution is 5.71. The van der Waals surface area contributed by atoms with Crippen molar-refractivity contribution in [1.82, 2.24) is 0 Å². The van der Waals surface area contributed by atoms with Gasteiger partial charge < -0.3 is 14.2 Å². The summed E-state index contributed by atoms with van der Waals surface area (Å²) in [6, 6.07) is 0. The maximum atomic E-state index is 12.8. The predicted octanol–water partition coefficient (Wildman–Crippen LogP) is 17.8. The third-order valence-electron chi connectivity index (χ3n) is 11.2. The summed E-state index contributed by atoms with van der Waals surface area (Å²) in [7, 11) is 0. The second kappa shape index (κ2) is 52.9. The van der Waals surface area contributed by atoms with Crippen LogP contribution >= 0.6 is 0 Å². The van der Waals surface area contributed by atoms with Crippen molar-refractivity contribution in [2.75, 3.05) is 13.2 Å². The smallest absolute Gasteiger partial charge is 0.306 e. The summed E-state index contributed by atoms with van der Waals surface area (Å²) >= 11 is 0. The normalized spacial score (nSPS) is 12.8. The topological polar surface area (TPSA) is 78.9 Å². The van der Waals surface area contributed by atoms with E-state index in [1.807, 2.05) is 24.3 Å². The fourth-order valence-electron chi connectivity index (χ4n) is 7.09. The number of esters is 3. The second-order valence-electron chi connectivity index (χ2n) is 17.6. The Kier molecular flexibility index (Phi) is 50.0. The van der Waals surface area contributed by atoms with Gasteiger partial charge in [0.15, 0.2) is 6.10 Å². The van der Waals surface area contributed by atoms with Crippen LogP contribution in [0.2, 0.25) is 0 Å². The highest BCUT2D eigenvalue weighted by atomic mass is 16.6. The summed E-state index contributed by atoms with van der Waals surface area (Å²) in [6.07, 6.45) is 69.5. The Labute approximate surface area is 400 Å². The molecule has 0 aliphatic heterocycles. The van der Waals surface area contributed by atoms with Gasteiger partial charge >= 0.3 is 17.9 Å². The molecule has 0 heterocycles. The molecule has 0 aromatic rings. The van der Waals surface area contributed by atoms with Crippen molar-refractivity contribution < 1.29 is 28.6 Å². The molecule has 0 aliphatic carbocycles. The molecule has 0 aromatic heterocycles. The largest absolute Gasteiger partial charge is 0.462 e. The highest BCUT2D eigenvalue weighted by Gasteiger charge is 2.19. The number of hydrogen-bond acceptors (Lipinski definition) is 6. The number of unbranched alkanes of at least 4 members (excludes halogenated alkanes) is 25. The first kappa shape index (κ1) is 61.3. The minimum absolute atomic E-state index is 0.0979. The number of ether oxygens (including phenoxy) is 3. The molecule has 0 N–H and O–H groups in total. The van der Waals surface area contributed by atoms with Crippen molar-refractivity contribution in [3.8, 4) is 0 Å². The first-order chi connectivity index (χ1) is 32.0. The van der Waals surface area contributed by atoms with E-state index in [1.165, 1.54) is 83.5 Å². The average molecular weight is 903 g/mol. The number of carbonyl (C=O) groups excluding carboxylic acids is 3. The van der Waals surface area contributed by atoms with Gasteiger partial charge in [0.05, 0.1) is 0 Å². The van der Waals surface area contributed by atoms with E-state index < -0.39 is 6.10 Å². The summed E-state index contributed by atoms with van der Waals surface area (Å²) < 4.78 is 16.8. The van der Waals surface area contributed by atoms with E-state index in [4.69, 9.17) is 14.2 Å².